The number of halogens is 3. The molecule has 22 heavy (non-hydrogen) atoms. The van der Waals surface area contributed by atoms with E-state index >= 15 is 0 Å². The van der Waals surface area contributed by atoms with Gasteiger partial charge in [-0.3, -0.25) is 4.99 Å². The fraction of sp³-hybridized carbons (Fsp3) is 0.692. The average Bonchev–Trinajstić information content (AvgIpc) is 2.91. The highest BCUT2D eigenvalue weighted by atomic mass is 32.2. The molecule has 0 aliphatic heterocycles. The van der Waals surface area contributed by atoms with Gasteiger partial charge in [0.25, 0.3) is 0 Å². The maximum absolute atomic E-state index is 12.4. The van der Waals surface area contributed by atoms with Crippen LogP contribution in [0, 0.1) is 0 Å². The SMILES string of the molecule is CN=C(NCCc1nc(C(F)(F)F)cs1)NCC(C)(C)SC. The van der Waals surface area contributed by atoms with E-state index in [0.717, 1.165) is 23.3 Å². The Bertz CT molecular complexity index is 498. The number of aliphatic imine (C=N–C) groups is 1. The van der Waals surface area contributed by atoms with Crippen molar-refractivity contribution >= 4 is 29.1 Å². The summed E-state index contributed by atoms with van der Waals surface area (Å²) in [7, 11) is 1.66. The molecule has 0 spiro atoms. The summed E-state index contributed by atoms with van der Waals surface area (Å²) in [5, 5.41) is 7.78. The second kappa shape index (κ2) is 8.05. The molecule has 0 aliphatic carbocycles. The largest absolute Gasteiger partial charge is 0.434 e. The Morgan fingerprint density at radius 3 is 2.55 bits per heavy atom. The maximum Gasteiger partial charge on any atom is 0.434 e. The van der Waals surface area contributed by atoms with Crippen LogP contribution in [0.2, 0.25) is 0 Å². The third-order valence-corrected chi connectivity index (χ3v) is 5.09. The van der Waals surface area contributed by atoms with E-state index in [2.05, 4.69) is 34.5 Å². The van der Waals surface area contributed by atoms with Gasteiger partial charge < -0.3 is 10.6 Å². The molecule has 0 aliphatic rings. The second-order valence-electron chi connectivity index (χ2n) is 5.19. The van der Waals surface area contributed by atoms with Crippen molar-refractivity contribution in [3.63, 3.8) is 0 Å². The van der Waals surface area contributed by atoms with Crippen LogP contribution in [0.3, 0.4) is 0 Å². The number of nitrogens with zero attached hydrogens (tertiary/aromatic N) is 2. The van der Waals surface area contributed by atoms with Crippen molar-refractivity contribution in [2.24, 2.45) is 4.99 Å². The van der Waals surface area contributed by atoms with Crippen molar-refractivity contribution in [3.8, 4) is 0 Å². The second-order valence-corrected chi connectivity index (χ2v) is 7.65. The van der Waals surface area contributed by atoms with E-state index in [9.17, 15) is 13.2 Å². The Morgan fingerprint density at radius 1 is 1.36 bits per heavy atom. The number of thioether (sulfide) groups is 1. The number of guanidine groups is 1. The average molecular weight is 354 g/mol. The fourth-order valence-corrected chi connectivity index (χ4v) is 2.45. The van der Waals surface area contributed by atoms with Crippen molar-refractivity contribution in [2.45, 2.75) is 31.2 Å². The number of hydrogen-bond donors (Lipinski definition) is 2. The molecule has 126 valence electrons. The minimum Gasteiger partial charge on any atom is -0.356 e. The molecule has 0 amide bonds. The Balaban J connectivity index is 2.40. The lowest BCUT2D eigenvalue weighted by Gasteiger charge is -2.23. The molecule has 0 radical (unpaired) electrons. The van der Waals surface area contributed by atoms with Gasteiger partial charge in [-0.2, -0.15) is 24.9 Å². The van der Waals surface area contributed by atoms with Crippen LogP contribution in [0.5, 0.6) is 0 Å². The van der Waals surface area contributed by atoms with E-state index in [0.29, 0.717) is 23.9 Å². The van der Waals surface area contributed by atoms with Gasteiger partial charge in [0.15, 0.2) is 11.7 Å². The molecular weight excluding hydrogens is 333 g/mol. The van der Waals surface area contributed by atoms with Gasteiger partial charge in [-0.15, -0.1) is 11.3 Å². The molecule has 0 saturated carbocycles. The van der Waals surface area contributed by atoms with Crippen molar-refractivity contribution < 1.29 is 13.2 Å². The number of nitrogens with one attached hydrogen (secondary N) is 2. The summed E-state index contributed by atoms with van der Waals surface area (Å²) < 4.78 is 37.4. The molecule has 0 fully saturated rings. The van der Waals surface area contributed by atoms with Gasteiger partial charge in [-0.25, -0.2) is 4.98 Å². The molecule has 1 aromatic rings. The topological polar surface area (TPSA) is 49.3 Å². The summed E-state index contributed by atoms with van der Waals surface area (Å²) in [5.41, 5.74) is -0.822. The first-order valence-electron chi connectivity index (χ1n) is 6.69. The summed E-state index contributed by atoms with van der Waals surface area (Å²) in [6.45, 7) is 5.45. The number of hydrogen-bond acceptors (Lipinski definition) is 4. The highest BCUT2D eigenvalue weighted by molar-refractivity contribution is 7.99. The van der Waals surface area contributed by atoms with E-state index in [4.69, 9.17) is 0 Å². The van der Waals surface area contributed by atoms with E-state index in [1.165, 1.54) is 0 Å². The Kier molecular flexibility index (Phi) is 6.98. The molecule has 1 rings (SSSR count). The summed E-state index contributed by atoms with van der Waals surface area (Å²) >= 11 is 2.77. The summed E-state index contributed by atoms with van der Waals surface area (Å²) in [5.74, 6) is 0.634. The normalized spacial score (nSPS) is 13.3. The van der Waals surface area contributed by atoms with Gasteiger partial charge in [0.2, 0.25) is 0 Å². The number of thiazole rings is 1. The molecular formula is C13H21F3N4S2. The highest BCUT2D eigenvalue weighted by Gasteiger charge is 2.33. The summed E-state index contributed by atoms with van der Waals surface area (Å²) in [6.07, 6.45) is -1.91. The Hall–Kier alpha value is -0.960. The van der Waals surface area contributed by atoms with Crippen LogP contribution in [0.1, 0.15) is 24.5 Å². The van der Waals surface area contributed by atoms with E-state index < -0.39 is 11.9 Å². The predicted octanol–water partition coefficient (Wildman–Crippen LogP) is 3.01. The van der Waals surface area contributed by atoms with Gasteiger partial charge in [0.05, 0.1) is 5.01 Å². The number of aromatic nitrogens is 1. The van der Waals surface area contributed by atoms with Crippen LogP contribution in [-0.2, 0) is 12.6 Å². The van der Waals surface area contributed by atoms with E-state index in [1.54, 1.807) is 18.8 Å². The molecule has 0 aromatic carbocycles. The zero-order chi connectivity index (χ0) is 16.8. The molecule has 0 unspecified atom stereocenters. The van der Waals surface area contributed by atoms with Gasteiger partial charge >= 0.3 is 6.18 Å². The van der Waals surface area contributed by atoms with E-state index in [1.807, 2.05) is 6.26 Å². The highest BCUT2D eigenvalue weighted by Crippen LogP contribution is 2.30. The lowest BCUT2D eigenvalue weighted by molar-refractivity contribution is -0.140. The monoisotopic (exact) mass is 354 g/mol. The number of alkyl halides is 3. The van der Waals surface area contributed by atoms with Crippen LogP contribution in [-0.4, -0.2) is 42.1 Å². The third kappa shape index (κ3) is 6.43. The van der Waals surface area contributed by atoms with Gasteiger partial charge in [0, 0.05) is 36.7 Å². The van der Waals surface area contributed by atoms with Crippen LogP contribution in [0.15, 0.2) is 10.4 Å². The lowest BCUT2D eigenvalue weighted by Crippen LogP contribution is -2.43. The van der Waals surface area contributed by atoms with Gasteiger partial charge in [-0.05, 0) is 20.1 Å². The first-order chi connectivity index (χ1) is 10.2. The molecule has 1 heterocycles. The Labute approximate surface area is 137 Å². The summed E-state index contributed by atoms with van der Waals surface area (Å²) in [6, 6.07) is 0. The minimum absolute atomic E-state index is 0.0779. The van der Waals surface area contributed by atoms with Crippen LogP contribution in [0.4, 0.5) is 13.2 Å². The standard InChI is InChI=1S/C13H21F3N4S2/c1-12(2,21-4)8-19-11(17-3)18-6-5-10-20-9(7-22-10)13(14,15)16/h7H,5-6,8H2,1-4H3,(H2,17,18,19). The lowest BCUT2D eigenvalue weighted by atomic mass is 10.2. The molecule has 0 atom stereocenters. The zero-order valence-corrected chi connectivity index (χ0v) is 14.7. The molecule has 0 saturated heterocycles. The first kappa shape index (κ1) is 19.1. The summed E-state index contributed by atoms with van der Waals surface area (Å²) in [4.78, 5) is 7.68. The number of rotatable bonds is 6. The quantitative estimate of drug-likeness (QED) is 0.609. The van der Waals surface area contributed by atoms with Crippen LogP contribution in [0.25, 0.3) is 0 Å². The predicted molar refractivity (Wildman–Crippen MR) is 87.8 cm³/mol. The molecule has 1 aromatic heterocycles. The molecule has 9 heteroatoms. The smallest absolute Gasteiger partial charge is 0.356 e. The molecule has 4 nitrogen and oxygen atoms in total. The van der Waals surface area contributed by atoms with Crippen molar-refractivity contribution in [2.75, 3.05) is 26.4 Å². The molecule has 0 bridgehead atoms. The first-order valence-corrected chi connectivity index (χ1v) is 8.79. The Morgan fingerprint density at radius 2 is 2.05 bits per heavy atom. The third-order valence-electron chi connectivity index (χ3n) is 2.93. The van der Waals surface area contributed by atoms with Crippen LogP contribution < -0.4 is 10.6 Å². The molecule has 2 N–H and O–H groups in total. The van der Waals surface area contributed by atoms with Crippen molar-refractivity contribution in [3.05, 3.63) is 16.1 Å². The van der Waals surface area contributed by atoms with Gasteiger partial charge in [0.1, 0.15) is 0 Å². The van der Waals surface area contributed by atoms with Crippen molar-refractivity contribution in [1.82, 2.24) is 15.6 Å². The van der Waals surface area contributed by atoms with Crippen LogP contribution >= 0.6 is 23.1 Å². The minimum atomic E-state index is -4.37. The fourth-order valence-electron chi connectivity index (χ4n) is 1.43. The van der Waals surface area contributed by atoms with E-state index in [-0.39, 0.29) is 4.75 Å². The van der Waals surface area contributed by atoms with Gasteiger partial charge in [-0.1, -0.05) is 0 Å². The van der Waals surface area contributed by atoms with Crippen molar-refractivity contribution in [1.29, 1.82) is 0 Å². The zero-order valence-electron chi connectivity index (χ0n) is 13.0. The maximum atomic E-state index is 12.4.